The number of carbonyl (C=O) groups excluding carboxylic acids is 1. The smallest absolute Gasteiger partial charge is 0.275 e. The van der Waals surface area contributed by atoms with Crippen LogP contribution in [0.5, 0.6) is 5.75 Å². The maximum atomic E-state index is 12.5. The van der Waals surface area contributed by atoms with Crippen molar-refractivity contribution in [2.24, 2.45) is 5.92 Å². The van der Waals surface area contributed by atoms with Crippen LogP contribution in [0.2, 0.25) is 0 Å². The number of oxazole rings is 1. The fourth-order valence-electron chi connectivity index (χ4n) is 3.85. The number of ether oxygens (including phenoxy) is 1. The minimum Gasteiger partial charge on any atom is -0.496 e. The Hall–Kier alpha value is -2.34. The molecule has 0 N–H and O–H groups in total. The first kappa shape index (κ1) is 19.4. The molecule has 1 atom stereocenters. The highest BCUT2D eigenvalue weighted by molar-refractivity contribution is 5.92. The van der Waals surface area contributed by atoms with Crippen molar-refractivity contribution in [1.29, 1.82) is 0 Å². The molecule has 0 aliphatic carbocycles. The number of amides is 1. The summed E-state index contributed by atoms with van der Waals surface area (Å²) in [7, 11) is 3.57. The molecular weight excluding hydrogens is 342 g/mol. The first-order valence-electron chi connectivity index (χ1n) is 9.58. The molecule has 1 unspecified atom stereocenters. The average Bonchev–Trinajstić information content (AvgIpc) is 3.12. The molecule has 1 aromatic carbocycles. The van der Waals surface area contributed by atoms with Crippen LogP contribution < -0.4 is 4.74 Å². The Morgan fingerprint density at radius 2 is 2.22 bits per heavy atom. The fraction of sp³-hybridized carbons (Fsp3) is 0.524. The number of nitrogens with zero attached hydrogens (tertiary/aromatic N) is 3. The summed E-state index contributed by atoms with van der Waals surface area (Å²) >= 11 is 0. The number of likely N-dealkylation sites (tertiary alicyclic amines) is 1. The highest BCUT2D eigenvalue weighted by atomic mass is 16.5. The summed E-state index contributed by atoms with van der Waals surface area (Å²) in [5, 5.41) is 0. The van der Waals surface area contributed by atoms with Crippen LogP contribution in [0.25, 0.3) is 0 Å². The van der Waals surface area contributed by atoms with E-state index in [0.29, 0.717) is 17.4 Å². The van der Waals surface area contributed by atoms with Gasteiger partial charge in [-0.3, -0.25) is 4.79 Å². The lowest BCUT2D eigenvalue weighted by Crippen LogP contribution is -2.42. The second-order valence-corrected chi connectivity index (χ2v) is 7.31. The summed E-state index contributed by atoms with van der Waals surface area (Å²) in [4.78, 5) is 20.9. The van der Waals surface area contributed by atoms with Crippen molar-refractivity contribution in [2.75, 3.05) is 40.3 Å². The van der Waals surface area contributed by atoms with Crippen LogP contribution in [-0.4, -0.2) is 61.0 Å². The molecule has 2 heterocycles. The van der Waals surface area contributed by atoms with E-state index in [1.807, 2.05) is 19.2 Å². The molecule has 1 aliphatic rings. The third kappa shape index (κ3) is 4.89. The van der Waals surface area contributed by atoms with Gasteiger partial charge in [0, 0.05) is 26.7 Å². The Morgan fingerprint density at radius 1 is 1.41 bits per heavy atom. The molecule has 1 saturated heterocycles. The number of aryl methyl sites for hydroxylation is 1. The van der Waals surface area contributed by atoms with Gasteiger partial charge in [-0.1, -0.05) is 18.2 Å². The lowest BCUT2D eigenvalue weighted by atomic mass is 9.97. The second-order valence-electron chi connectivity index (χ2n) is 7.31. The second kappa shape index (κ2) is 9.04. The number of hydrogen-bond acceptors (Lipinski definition) is 5. The highest BCUT2D eigenvalue weighted by Gasteiger charge is 2.25. The van der Waals surface area contributed by atoms with Gasteiger partial charge in [0.15, 0.2) is 12.1 Å². The van der Waals surface area contributed by atoms with E-state index in [1.54, 1.807) is 18.9 Å². The van der Waals surface area contributed by atoms with Crippen LogP contribution in [0.4, 0.5) is 0 Å². The molecule has 27 heavy (non-hydrogen) atoms. The van der Waals surface area contributed by atoms with Gasteiger partial charge in [-0.25, -0.2) is 4.98 Å². The number of carbonyl (C=O) groups is 1. The van der Waals surface area contributed by atoms with Crippen molar-refractivity contribution in [3.05, 3.63) is 47.7 Å². The monoisotopic (exact) mass is 371 g/mol. The Labute approximate surface area is 161 Å². The Kier molecular flexibility index (Phi) is 6.50. The van der Waals surface area contributed by atoms with E-state index in [9.17, 15) is 4.79 Å². The summed E-state index contributed by atoms with van der Waals surface area (Å²) in [5.74, 6) is 1.96. The molecule has 1 fully saturated rings. The summed E-state index contributed by atoms with van der Waals surface area (Å²) in [5.41, 5.74) is 1.66. The topological polar surface area (TPSA) is 58.8 Å². The van der Waals surface area contributed by atoms with Gasteiger partial charge in [0.05, 0.1) is 7.11 Å². The third-order valence-electron chi connectivity index (χ3n) is 5.32. The number of hydrogen-bond donors (Lipinski definition) is 0. The van der Waals surface area contributed by atoms with Crippen molar-refractivity contribution >= 4 is 5.91 Å². The summed E-state index contributed by atoms with van der Waals surface area (Å²) < 4.78 is 10.6. The van der Waals surface area contributed by atoms with Gasteiger partial charge in [0.2, 0.25) is 0 Å². The predicted octanol–water partition coefficient (Wildman–Crippen LogP) is 3.02. The third-order valence-corrected chi connectivity index (χ3v) is 5.32. The van der Waals surface area contributed by atoms with Gasteiger partial charge in [0.1, 0.15) is 11.5 Å². The van der Waals surface area contributed by atoms with E-state index in [0.717, 1.165) is 44.8 Å². The Bertz CT molecular complexity index is 759. The van der Waals surface area contributed by atoms with E-state index in [-0.39, 0.29) is 5.91 Å². The summed E-state index contributed by atoms with van der Waals surface area (Å²) in [6.45, 7) is 5.66. The van der Waals surface area contributed by atoms with Crippen molar-refractivity contribution < 1.29 is 13.9 Å². The fourth-order valence-corrected chi connectivity index (χ4v) is 3.85. The van der Waals surface area contributed by atoms with Crippen LogP contribution in [0, 0.1) is 12.8 Å². The van der Waals surface area contributed by atoms with E-state index in [2.05, 4.69) is 22.0 Å². The Morgan fingerprint density at radius 3 is 2.96 bits per heavy atom. The molecular formula is C21H29N3O3. The molecule has 0 bridgehead atoms. The lowest BCUT2D eigenvalue weighted by Gasteiger charge is -2.34. The molecule has 2 aromatic rings. The number of para-hydroxylation sites is 1. The standard InChI is InChI=1S/C21H29N3O3/c1-16-20(22-15-27-16)21(25)23(2)13-17-7-6-11-24(14-17)12-10-18-8-4-5-9-19(18)26-3/h4-5,8-9,15,17H,6-7,10-14H2,1-3H3. The van der Waals surface area contributed by atoms with Crippen molar-refractivity contribution in [3.63, 3.8) is 0 Å². The van der Waals surface area contributed by atoms with E-state index >= 15 is 0 Å². The normalized spacial score (nSPS) is 17.7. The van der Waals surface area contributed by atoms with E-state index < -0.39 is 0 Å². The minimum atomic E-state index is -0.0626. The maximum Gasteiger partial charge on any atom is 0.275 e. The average molecular weight is 371 g/mol. The number of piperidine rings is 1. The highest BCUT2D eigenvalue weighted by Crippen LogP contribution is 2.21. The van der Waals surface area contributed by atoms with Crippen LogP contribution in [0.15, 0.2) is 35.1 Å². The Balaban J connectivity index is 1.52. The van der Waals surface area contributed by atoms with Crippen molar-refractivity contribution in [3.8, 4) is 5.75 Å². The first-order chi connectivity index (χ1) is 13.1. The van der Waals surface area contributed by atoms with Gasteiger partial charge in [-0.2, -0.15) is 0 Å². The first-order valence-corrected chi connectivity index (χ1v) is 9.58. The van der Waals surface area contributed by atoms with E-state index in [1.165, 1.54) is 18.4 Å². The van der Waals surface area contributed by atoms with Crippen molar-refractivity contribution in [1.82, 2.24) is 14.8 Å². The summed E-state index contributed by atoms with van der Waals surface area (Å²) in [6, 6.07) is 8.21. The van der Waals surface area contributed by atoms with Crippen LogP contribution >= 0.6 is 0 Å². The molecule has 1 aromatic heterocycles. The molecule has 3 rings (SSSR count). The van der Waals surface area contributed by atoms with E-state index in [4.69, 9.17) is 9.15 Å². The molecule has 1 amide bonds. The van der Waals surface area contributed by atoms with Gasteiger partial charge in [-0.15, -0.1) is 0 Å². The summed E-state index contributed by atoms with van der Waals surface area (Å²) in [6.07, 6.45) is 4.63. The zero-order valence-electron chi connectivity index (χ0n) is 16.5. The SMILES string of the molecule is COc1ccccc1CCN1CCCC(CN(C)C(=O)c2ncoc2C)C1. The molecule has 6 heteroatoms. The van der Waals surface area contributed by atoms with Crippen LogP contribution in [-0.2, 0) is 6.42 Å². The van der Waals surface area contributed by atoms with Gasteiger partial charge in [-0.05, 0) is 50.3 Å². The maximum absolute atomic E-state index is 12.5. The van der Waals surface area contributed by atoms with Gasteiger partial charge < -0.3 is 19.0 Å². The van der Waals surface area contributed by atoms with Crippen LogP contribution in [0.1, 0.15) is 34.7 Å². The minimum absolute atomic E-state index is 0.0626. The zero-order valence-corrected chi connectivity index (χ0v) is 16.5. The molecule has 146 valence electrons. The predicted molar refractivity (Wildman–Crippen MR) is 104 cm³/mol. The molecule has 0 radical (unpaired) electrons. The van der Waals surface area contributed by atoms with Crippen LogP contribution in [0.3, 0.4) is 0 Å². The van der Waals surface area contributed by atoms with Gasteiger partial charge in [0.25, 0.3) is 5.91 Å². The molecule has 6 nitrogen and oxygen atoms in total. The number of aromatic nitrogens is 1. The van der Waals surface area contributed by atoms with Crippen molar-refractivity contribution in [2.45, 2.75) is 26.2 Å². The molecule has 0 saturated carbocycles. The number of rotatable bonds is 7. The number of methoxy groups -OCH3 is 1. The molecule has 1 aliphatic heterocycles. The lowest BCUT2D eigenvalue weighted by molar-refractivity contribution is 0.0723. The quantitative estimate of drug-likeness (QED) is 0.749. The zero-order chi connectivity index (χ0) is 19.2. The van der Waals surface area contributed by atoms with Gasteiger partial charge >= 0.3 is 0 Å². The molecule has 0 spiro atoms. The largest absolute Gasteiger partial charge is 0.496 e. The number of benzene rings is 1.